The van der Waals surface area contributed by atoms with Gasteiger partial charge < -0.3 is 15.2 Å². The zero-order valence-electron chi connectivity index (χ0n) is 19.4. The van der Waals surface area contributed by atoms with E-state index in [0.29, 0.717) is 22.5 Å². The molecule has 0 fully saturated rings. The number of aliphatic hydroxyl groups excluding tert-OH is 1. The van der Waals surface area contributed by atoms with Gasteiger partial charge >= 0.3 is 0 Å². The maximum Gasteiger partial charge on any atom is 0.252 e. The molecular formula is C24H32N4O3. The number of rotatable bonds is 6. The van der Waals surface area contributed by atoms with Gasteiger partial charge in [-0.05, 0) is 57.4 Å². The van der Waals surface area contributed by atoms with Crippen molar-refractivity contribution >= 4 is 16.9 Å². The summed E-state index contributed by atoms with van der Waals surface area (Å²) in [6, 6.07) is 8.98. The second-order valence-corrected chi connectivity index (χ2v) is 9.12. The van der Waals surface area contributed by atoms with Gasteiger partial charge in [0.1, 0.15) is 5.75 Å². The van der Waals surface area contributed by atoms with E-state index in [1.54, 1.807) is 31.4 Å². The number of aliphatic hydroxyl groups is 1. The molecule has 0 saturated carbocycles. The molecule has 7 nitrogen and oxygen atoms in total. The van der Waals surface area contributed by atoms with Crippen molar-refractivity contribution in [2.75, 3.05) is 13.7 Å². The predicted octanol–water partition coefficient (Wildman–Crippen LogP) is 4.09. The first-order valence-corrected chi connectivity index (χ1v) is 10.5. The van der Waals surface area contributed by atoms with Gasteiger partial charge in [0, 0.05) is 12.2 Å². The van der Waals surface area contributed by atoms with Crippen LogP contribution >= 0.6 is 0 Å². The summed E-state index contributed by atoms with van der Waals surface area (Å²) in [6.07, 6.45) is -0.824. The van der Waals surface area contributed by atoms with Crippen molar-refractivity contribution < 1.29 is 14.6 Å². The van der Waals surface area contributed by atoms with E-state index in [-0.39, 0.29) is 23.9 Å². The van der Waals surface area contributed by atoms with Crippen molar-refractivity contribution in [3.05, 3.63) is 52.8 Å². The summed E-state index contributed by atoms with van der Waals surface area (Å²) in [5, 5.41) is 18.8. The van der Waals surface area contributed by atoms with Crippen LogP contribution in [-0.4, -0.2) is 39.4 Å². The van der Waals surface area contributed by atoms with Gasteiger partial charge in [-0.25, -0.2) is 9.67 Å². The fourth-order valence-electron chi connectivity index (χ4n) is 3.48. The van der Waals surface area contributed by atoms with Crippen LogP contribution in [0.3, 0.4) is 0 Å². The number of methoxy groups -OCH3 is 1. The molecule has 31 heavy (non-hydrogen) atoms. The topological polar surface area (TPSA) is 89.3 Å². The summed E-state index contributed by atoms with van der Waals surface area (Å²) in [7, 11) is 1.59. The molecule has 3 rings (SSSR count). The average molecular weight is 425 g/mol. The largest absolute Gasteiger partial charge is 0.497 e. The molecule has 0 saturated heterocycles. The number of ether oxygens (including phenoxy) is 1. The lowest BCUT2D eigenvalue weighted by Gasteiger charge is -2.20. The molecule has 0 aliphatic heterocycles. The molecule has 166 valence electrons. The van der Waals surface area contributed by atoms with Crippen LogP contribution in [0.1, 0.15) is 73.9 Å². The summed E-state index contributed by atoms with van der Waals surface area (Å²) in [5.74, 6) is 0.620. The number of nitrogens with zero attached hydrogens (tertiary/aromatic N) is 3. The van der Waals surface area contributed by atoms with E-state index in [4.69, 9.17) is 9.72 Å². The zero-order valence-corrected chi connectivity index (χ0v) is 19.4. The van der Waals surface area contributed by atoms with Crippen LogP contribution in [-0.2, 0) is 5.54 Å². The second-order valence-electron chi connectivity index (χ2n) is 9.12. The minimum absolute atomic E-state index is 0.0957. The molecule has 0 radical (unpaired) electrons. The predicted molar refractivity (Wildman–Crippen MR) is 122 cm³/mol. The Bertz CT molecular complexity index is 1080. The number of pyridine rings is 1. The van der Waals surface area contributed by atoms with Crippen molar-refractivity contribution in [3.8, 4) is 5.75 Å². The van der Waals surface area contributed by atoms with E-state index in [2.05, 4.69) is 31.2 Å². The van der Waals surface area contributed by atoms with Gasteiger partial charge in [-0.3, -0.25) is 4.79 Å². The third kappa shape index (κ3) is 4.71. The van der Waals surface area contributed by atoms with Crippen molar-refractivity contribution in [3.63, 3.8) is 0 Å². The second kappa shape index (κ2) is 8.67. The minimum Gasteiger partial charge on any atom is -0.497 e. The molecule has 0 aliphatic rings. The Morgan fingerprint density at radius 3 is 2.42 bits per heavy atom. The van der Waals surface area contributed by atoms with Crippen LogP contribution in [0.15, 0.2) is 30.3 Å². The Hall–Kier alpha value is -2.93. The Kier molecular flexibility index (Phi) is 6.36. The van der Waals surface area contributed by atoms with Crippen LogP contribution in [0.2, 0.25) is 0 Å². The molecule has 3 aromatic rings. The number of amides is 1. The normalized spacial score (nSPS) is 12.9. The van der Waals surface area contributed by atoms with E-state index in [0.717, 1.165) is 16.8 Å². The number of nitrogens with one attached hydrogen (secondary N) is 1. The van der Waals surface area contributed by atoms with E-state index in [1.807, 2.05) is 31.5 Å². The molecule has 1 aromatic carbocycles. The highest BCUT2D eigenvalue weighted by atomic mass is 16.5. The molecule has 1 amide bonds. The Balaban J connectivity index is 1.93. The minimum atomic E-state index is -0.824. The first-order chi connectivity index (χ1) is 14.5. The van der Waals surface area contributed by atoms with Crippen LogP contribution in [0.25, 0.3) is 11.0 Å². The number of carbonyl (C=O) groups excluding carboxylic acids is 1. The molecule has 2 N–H and O–H groups in total. The molecule has 0 bridgehead atoms. The average Bonchev–Trinajstić information content (AvgIpc) is 3.08. The van der Waals surface area contributed by atoms with E-state index >= 15 is 0 Å². The van der Waals surface area contributed by atoms with Crippen LogP contribution < -0.4 is 10.1 Å². The summed E-state index contributed by atoms with van der Waals surface area (Å²) in [5.41, 5.74) is 3.27. The number of aryl methyl sites for hydroxylation is 1. The first kappa shape index (κ1) is 22.7. The number of carbonyl (C=O) groups is 1. The third-order valence-corrected chi connectivity index (χ3v) is 5.26. The van der Waals surface area contributed by atoms with Crippen molar-refractivity contribution in [2.45, 2.75) is 59.1 Å². The van der Waals surface area contributed by atoms with E-state index < -0.39 is 6.10 Å². The molecule has 0 aliphatic carbocycles. The molecule has 7 heteroatoms. The number of aromatic nitrogens is 3. The molecule has 2 aromatic heterocycles. The maximum absolute atomic E-state index is 13.2. The van der Waals surface area contributed by atoms with Gasteiger partial charge in [0.05, 0.1) is 35.4 Å². The van der Waals surface area contributed by atoms with Gasteiger partial charge in [-0.2, -0.15) is 5.10 Å². The van der Waals surface area contributed by atoms with Crippen molar-refractivity contribution in [2.24, 2.45) is 0 Å². The molecule has 0 spiro atoms. The molecule has 1 unspecified atom stereocenters. The molecule has 2 heterocycles. The zero-order chi connectivity index (χ0) is 22.9. The Labute approximate surface area is 183 Å². The number of hydrogen-bond donors (Lipinski definition) is 2. The summed E-state index contributed by atoms with van der Waals surface area (Å²) in [6.45, 7) is 12.3. The van der Waals surface area contributed by atoms with Gasteiger partial charge in [0.15, 0.2) is 5.65 Å². The van der Waals surface area contributed by atoms with Gasteiger partial charge in [-0.1, -0.05) is 26.0 Å². The third-order valence-electron chi connectivity index (χ3n) is 5.26. The van der Waals surface area contributed by atoms with Crippen LogP contribution in [0.5, 0.6) is 5.75 Å². The smallest absolute Gasteiger partial charge is 0.252 e. The Morgan fingerprint density at radius 1 is 1.23 bits per heavy atom. The lowest BCUT2D eigenvalue weighted by Crippen LogP contribution is -2.29. The summed E-state index contributed by atoms with van der Waals surface area (Å²) in [4.78, 5) is 18.0. The highest BCUT2D eigenvalue weighted by Gasteiger charge is 2.25. The standard InChI is InChI=1S/C24H32N4O3/c1-14(2)19-12-18(21-15(3)27-28(22(21)26-19)24(4,5)6)23(30)25-13-20(29)16-8-10-17(31-7)11-9-16/h8-12,14,20,29H,13H2,1-7H3,(H,25,30). The summed E-state index contributed by atoms with van der Waals surface area (Å²) >= 11 is 0. The van der Waals surface area contributed by atoms with Crippen LogP contribution in [0, 0.1) is 6.92 Å². The number of benzene rings is 1. The molecule has 1 atom stereocenters. The highest BCUT2D eigenvalue weighted by Crippen LogP contribution is 2.29. The monoisotopic (exact) mass is 424 g/mol. The quantitative estimate of drug-likeness (QED) is 0.622. The van der Waals surface area contributed by atoms with E-state index in [1.165, 1.54) is 0 Å². The lowest BCUT2D eigenvalue weighted by atomic mass is 10.0. The van der Waals surface area contributed by atoms with Crippen molar-refractivity contribution in [1.82, 2.24) is 20.1 Å². The van der Waals surface area contributed by atoms with Gasteiger partial charge in [0.25, 0.3) is 5.91 Å². The van der Waals surface area contributed by atoms with Gasteiger partial charge in [-0.15, -0.1) is 0 Å². The van der Waals surface area contributed by atoms with Crippen LogP contribution in [0.4, 0.5) is 0 Å². The first-order valence-electron chi connectivity index (χ1n) is 10.5. The number of hydrogen-bond acceptors (Lipinski definition) is 5. The fraction of sp³-hybridized carbons (Fsp3) is 0.458. The number of fused-ring (bicyclic) bond motifs is 1. The SMILES string of the molecule is COc1ccc(C(O)CNC(=O)c2cc(C(C)C)nc3c2c(C)nn3C(C)(C)C)cc1. The highest BCUT2D eigenvalue weighted by molar-refractivity contribution is 6.06. The van der Waals surface area contributed by atoms with Gasteiger partial charge in [0.2, 0.25) is 0 Å². The maximum atomic E-state index is 13.2. The Morgan fingerprint density at radius 2 is 1.87 bits per heavy atom. The fourth-order valence-corrected chi connectivity index (χ4v) is 3.48. The molecular weight excluding hydrogens is 392 g/mol. The van der Waals surface area contributed by atoms with Crippen molar-refractivity contribution in [1.29, 1.82) is 0 Å². The lowest BCUT2D eigenvalue weighted by molar-refractivity contribution is 0.0917. The van der Waals surface area contributed by atoms with E-state index in [9.17, 15) is 9.90 Å². The summed E-state index contributed by atoms with van der Waals surface area (Å²) < 4.78 is 7.03.